The number of phenols is 1. The fourth-order valence-electron chi connectivity index (χ4n) is 3.03. The van der Waals surface area contributed by atoms with Crippen molar-refractivity contribution in [2.75, 3.05) is 19.3 Å². The Bertz CT molecular complexity index is 789. The molecule has 1 aliphatic heterocycles. The molecule has 1 aromatic heterocycles. The zero-order valence-corrected chi connectivity index (χ0v) is 14.5. The van der Waals surface area contributed by atoms with Crippen LogP contribution in [0.5, 0.6) is 5.75 Å². The van der Waals surface area contributed by atoms with Crippen LogP contribution in [0.3, 0.4) is 0 Å². The second-order valence-corrected chi connectivity index (χ2v) is 8.93. The van der Waals surface area contributed by atoms with Crippen LogP contribution in [0.1, 0.15) is 30.0 Å². The highest BCUT2D eigenvalue weighted by atomic mass is 32.2. The minimum atomic E-state index is -3.28. The molecule has 2 heterocycles. The van der Waals surface area contributed by atoms with Gasteiger partial charge in [0, 0.05) is 36.8 Å². The molecule has 1 N–H and O–H groups in total. The summed E-state index contributed by atoms with van der Waals surface area (Å²) in [5.41, 5.74) is 1.66. The SMILES string of the molecule is CS(=O)(=O)c1snnc1[C@@H]1CCCN(Cc2cccc(O)c2)C1. The Kier molecular flexibility index (Phi) is 4.65. The summed E-state index contributed by atoms with van der Waals surface area (Å²) in [5.74, 6) is 0.351. The Hall–Kier alpha value is -1.51. The smallest absolute Gasteiger partial charge is 0.188 e. The van der Waals surface area contributed by atoms with E-state index in [-0.39, 0.29) is 11.7 Å². The summed E-state index contributed by atoms with van der Waals surface area (Å²) in [7, 11) is -3.28. The minimum Gasteiger partial charge on any atom is -0.508 e. The molecular formula is C15H19N3O3S2. The first kappa shape index (κ1) is 16.4. The molecule has 3 rings (SSSR count). The molecule has 0 aliphatic carbocycles. The molecule has 1 aromatic carbocycles. The van der Waals surface area contributed by atoms with E-state index in [1.54, 1.807) is 12.1 Å². The molecule has 1 saturated heterocycles. The topological polar surface area (TPSA) is 83.4 Å². The maximum absolute atomic E-state index is 11.9. The number of aromatic hydroxyl groups is 1. The third kappa shape index (κ3) is 3.88. The fraction of sp³-hybridized carbons (Fsp3) is 0.467. The second-order valence-electron chi connectivity index (χ2n) is 5.96. The number of benzene rings is 1. The van der Waals surface area contributed by atoms with Crippen molar-refractivity contribution in [3.63, 3.8) is 0 Å². The van der Waals surface area contributed by atoms with Gasteiger partial charge < -0.3 is 5.11 Å². The van der Waals surface area contributed by atoms with Gasteiger partial charge in [0.25, 0.3) is 0 Å². The maximum atomic E-state index is 11.9. The first-order valence-electron chi connectivity index (χ1n) is 7.46. The number of rotatable bonds is 4. The van der Waals surface area contributed by atoms with E-state index in [9.17, 15) is 13.5 Å². The normalized spacial score (nSPS) is 19.8. The zero-order valence-electron chi connectivity index (χ0n) is 12.8. The van der Waals surface area contributed by atoms with Crippen LogP contribution in [-0.4, -0.2) is 47.4 Å². The Balaban J connectivity index is 1.75. The quantitative estimate of drug-likeness (QED) is 0.905. The van der Waals surface area contributed by atoms with Gasteiger partial charge in [-0.3, -0.25) is 4.90 Å². The predicted molar refractivity (Wildman–Crippen MR) is 88.4 cm³/mol. The molecule has 1 fully saturated rings. The summed E-state index contributed by atoms with van der Waals surface area (Å²) in [5, 5.41) is 13.7. The third-order valence-electron chi connectivity index (χ3n) is 4.03. The number of sulfone groups is 1. The first-order valence-corrected chi connectivity index (χ1v) is 10.1. The van der Waals surface area contributed by atoms with Gasteiger partial charge in [-0.15, -0.1) is 5.10 Å². The average molecular weight is 353 g/mol. The highest BCUT2D eigenvalue weighted by Gasteiger charge is 2.29. The van der Waals surface area contributed by atoms with Crippen LogP contribution >= 0.6 is 11.5 Å². The van der Waals surface area contributed by atoms with E-state index in [0.717, 1.165) is 49.6 Å². The Morgan fingerprint density at radius 1 is 1.43 bits per heavy atom. The van der Waals surface area contributed by atoms with Crippen molar-refractivity contribution in [2.24, 2.45) is 0 Å². The van der Waals surface area contributed by atoms with Crippen molar-refractivity contribution < 1.29 is 13.5 Å². The lowest BCUT2D eigenvalue weighted by atomic mass is 9.95. The van der Waals surface area contributed by atoms with E-state index in [2.05, 4.69) is 14.5 Å². The summed E-state index contributed by atoms with van der Waals surface area (Å²) < 4.78 is 27.9. The lowest BCUT2D eigenvalue weighted by molar-refractivity contribution is 0.197. The largest absolute Gasteiger partial charge is 0.508 e. The van der Waals surface area contributed by atoms with Crippen molar-refractivity contribution in [2.45, 2.75) is 29.5 Å². The molecule has 6 nitrogen and oxygen atoms in total. The van der Waals surface area contributed by atoms with Gasteiger partial charge in [-0.25, -0.2) is 8.42 Å². The highest BCUT2D eigenvalue weighted by Crippen LogP contribution is 2.32. The number of piperidine rings is 1. The van der Waals surface area contributed by atoms with Gasteiger partial charge >= 0.3 is 0 Å². The molecule has 8 heteroatoms. The molecule has 23 heavy (non-hydrogen) atoms. The lowest BCUT2D eigenvalue weighted by Gasteiger charge is -2.32. The standard InChI is InChI=1S/C15H19N3O3S2/c1-23(20,21)15-14(16-17-22-15)12-5-3-7-18(10-12)9-11-4-2-6-13(19)8-11/h2,4,6,8,12,19H,3,5,7,9-10H2,1H3/t12-/m1/s1. The Labute approximate surface area is 139 Å². The van der Waals surface area contributed by atoms with Gasteiger partial charge in [-0.05, 0) is 37.1 Å². The van der Waals surface area contributed by atoms with Gasteiger partial charge in [0.15, 0.2) is 14.0 Å². The van der Waals surface area contributed by atoms with Gasteiger partial charge in [0.1, 0.15) is 5.75 Å². The molecular weight excluding hydrogens is 334 g/mol. The van der Waals surface area contributed by atoms with Crippen molar-refractivity contribution in [3.8, 4) is 5.75 Å². The number of aromatic nitrogens is 2. The molecule has 0 bridgehead atoms. The summed E-state index contributed by atoms with van der Waals surface area (Å²) in [6.07, 6.45) is 3.12. The van der Waals surface area contributed by atoms with E-state index in [1.165, 1.54) is 6.26 Å². The van der Waals surface area contributed by atoms with E-state index in [4.69, 9.17) is 0 Å². The van der Waals surface area contributed by atoms with Crippen LogP contribution < -0.4 is 0 Å². The van der Waals surface area contributed by atoms with Gasteiger partial charge in [-0.1, -0.05) is 16.6 Å². The first-order chi connectivity index (χ1) is 10.9. The molecule has 1 atom stereocenters. The van der Waals surface area contributed by atoms with Crippen LogP contribution in [-0.2, 0) is 16.4 Å². The fourth-order valence-corrected chi connectivity index (χ4v) is 4.76. The van der Waals surface area contributed by atoms with Crippen LogP contribution in [0.4, 0.5) is 0 Å². The molecule has 0 amide bonds. The molecule has 0 unspecified atom stereocenters. The lowest BCUT2D eigenvalue weighted by Crippen LogP contribution is -2.34. The molecule has 124 valence electrons. The van der Waals surface area contributed by atoms with Crippen LogP contribution in [0.15, 0.2) is 28.5 Å². The van der Waals surface area contributed by atoms with Crippen molar-refractivity contribution in [1.29, 1.82) is 0 Å². The Morgan fingerprint density at radius 2 is 2.26 bits per heavy atom. The predicted octanol–water partition coefficient (Wildman–Crippen LogP) is 2.03. The number of hydrogen-bond acceptors (Lipinski definition) is 7. The second kappa shape index (κ2) is 6.54. The number of likely N-dealkylation sites (tertiary alicyclic amines) is 1. The number of nitrogens with zero attached hydrogens (tertiary/aromatic N) is 3. The van der Waals surface area contributed by atoms with E-state index in [0.29, 0.717) is 9.90 Å². The van der Waals surface area contributed by atoms with Crippen LogP contribution in [0, 0.1) is 0 Å². The van der Waals surface area contributed by atoms with E-state index >= 15 is 0 Å². The van der Waals surface area contributed by atoms with Gasteiger partial charge in [0.2, 0.25) is 0 Å². The monoisotopic (exact) mass is 353 g/mol. The summed E-state index contributed by atoms with van der Waals surface area (Å²) in [6.45, 7) is 2.44. The van der Waals surface area contributed by atoms with Crippen molar-refractivity contribution in [1.82, 2.24) is 14.5 Å². The van der Waals surface area contributed by atoms with Gasteiger partial charge in [-0.2, -0.15) is 0 Å². The summed E-state index contributed by atoms with van der Waals surface area (Å²) >= 11 is 0.957. The molecule has 0 spiro atoms. The molecule has 1 aliphatic rings. The van der Waals surface area contributed by atoms with Crippen molar-refractivity contribution >= 4 is 21.4 Å². The van der Waals surface area contributed by atoms with Gasteiger partial charge in [0.05, 0.1) is 5.69 Å². The van der Waals surface area contributed by atoms with Crippen LogP contribution in [0.25, 0.3) is 0 Å². The average Bonchev–Trinajstić information content (AvgIpc) is 2.97. The molecule has 0 saturated carbocycles. The molecule has 2 aromatic rings. The number of hydrogen-bond donors (Lipinski definition) is 1. The third-order valence-corrected chi connectivity index (χ3v) is 6.58. The maximum Gasteiger partial charge on any atom is 0.188 e. The van der Waals surface area contributed by atoms with E-state index < -0.39 is 9.84 Å². The highest BCUT2D eigenvalue weighted by molar-refractivity contribution is 7.92. The van der Waals surface area contributed by atoms with E-state index in [1.807, 2.05) is 12.1 Å². The van der Waals surface area contributed by atoms with Crippen LogP contribution in [0.2, 0.25) is 0 Å². The summed E-state index contributed by atoms with van der Waals surface area (Å²) in [4.78, 5) is 2.27. The molecule has 0 radical (unpaired) electrons. The van der Waals surface area contributed by atoms with Crippen molar-refractivity contribution in [3.05, 3.63) is 35.5 Å². The number of phenolic OH excluding ortho intramolecular Hbond substituents is 1. The zero-order chi connectivity index (χ0) is 16.4. The summed E-state index contributed by atoms with van der Waals surface area (Å²) in [6, 6.07) is 7.23. The Morgan fingerprint density at radius 3 is 3.00 bits per heavy atom. The minimum absolute atomic E-state index is 0.0875.